The summed E-state index contributed by atoms with van der Waals surface area (Å²) in [6.07, 6.45) is 0.336. The van der Waals surface area contributed by atoms with Crippen molar-refractivity contribution in [3.63, 3.8) is 0 Å². The zero-order valence-electron chi connectivity index (χ0n) is 12.0. The van der Waals surface area contributed by atoms with E-state index in [0.29, 0.717) is 0 Å². The molecule has 0 bridgehead atoms. The number of ether oxygens (including phenoxy) is 1. The fourth-order valence-corrected chi connectivity index (χ4v) is 2.89. The topological polar surface area (TPSA) is 29.5 Å². The highest BCUT2D eigenvalue weighted by molar-refractivity contribution is 9.10. The van der Waals surface area contributed by atoms with Crippen LogP contribution in [0.15, 0.2) is 40.9 Å². The van der Waals surface area contributed by atoms with Crippen LogP contribution < -0.4 is 4.74 Å². The van der Waals surface area contributed by atoms with E-state index < -0.39 is 6.10 Å². The molecule has 1 atom stereocenters. The third kappa shape index (κ3) is 3.05. The first-order valence-corrected chi connectivity index (χ1v) is 7.47. The van der Waals surface area contributed by atoms with Crippen molar-refractivity contribution in [1.29, 1.82) is 0 Å². The van der Waals surface area contributed by atoms with Crippen LogP contribution in [0.2, 0.25) is 0 Å². The van der Waals surface area contributed by atoms with Gasteiger partial charge < -0.3 is 9.84 Å². The van der Waals surface area contributed by atoms with Gasteiger partial charge in [0.2, 0.25) is 0 Å². The summed E-state index contributed by atoms with van der Waals surface area (Å²) in [7, 11) is 1.64. The van der Waals surface area contributed by atoms with Crippen LogP contribution in [0.5, 0.6) is 5.75 Å². The Morgan fingerprint density at radius 2 is 1.85 bits per heavy atom. The molecule has 0 heterocycles. The molecule has 3 heteroatoms. The van der Waals surface area contributed by atoms with Gasteiger partial charge in [0.15, 0.2) is 0 Å². The van der Waals surface area contributed by atoms with Crippen molar-refractivity contribution in [2.45, 2.75) is 26.4 Å². The Balaban J connectivity index is 2.38. The van der Waals surface area contributed by atoms with E-state index in [1.54, 1.807) is 7.11 Å². The Labute approximate surface area is 128 Å². The predicted octanol–water partition coefficient (Wildman–Crippen LogP) is 4.41. The number of methoxy groups -OCH3 is 1. The van der Waals surface area contributed by atoms with E-state index >= 15 is 0 Å². The molecule has 1 N–H and O–H groups in total. The Kier molecular flexibility index (Phi) is 4.84. The van der Waals surface area contributed by atoms with Crippen molar-refractivity contribution in [2.24, 2.45) is 0 Å². The summed E-state index contributed by atoms with van der Waals surface area (Å²) in [6.45, 7) is 4.10. The molecule has 0 aliphatic rings. The molecule has 0 aliphatic carbocycles. The fourth-order valence-electron chi connectivity index (χ4n) is 2.21. The Morgan fingerprint density at radius 1 is 1.20 bits per heavy atom. The van der Waals surface area contributed by atoms with Crippen LogP contribution >= 0.6 is 15.9 Å². The van der Waals surface area contributed by atoms with E-state index in [4.69, 9.17) is 4.74 Å². The minimum absolute atomic E-state index is 0.662. The molecule has 0 saturated carbocycles. The second kappa shape index (κ2) is 6.42. The van der Waals surface area contributed by atoms with Gasteiger partial charge in [0.05, 0.1) is 7.11 Å². The van der Waals surface area contributed by atoms with Crippen LogP contribution in [-0.4, -0.2) is 12.2 Å². The molecule has 20 heavy (non-hydrogen) atoms. The summed E-state index contributed by atoms with van der Waals surface area (Å²) in [5.74, 6) is 0.785. The predicted molar refractivity (Wildman–Crippen MR) is 85.3 cm³/mol. The Bertz CT molecular complexity index is 591. The van der Waals surface area contributed by atoms with Gasteiger partial charge in [0.1, 0.15) is 11.9 Å². The molecule has 2 aromatic rings. The van der Waals surface area contributed by atoms with Crippen molar-refractivity contribution in [3.8, 4) is 5.75 Å². The first-order chi connectivity index (χ1) is 9.56. The second-order valence-electron chi connectivity index (χ2n) is 4.84. The molecule has 2 aromatic carbocycles. The molecule has 106 valence electrons. The van der Waals surface area contributed by atoms with Gasteiger partial charge in [0, 0.05) is 10.0 Å². The molecule has 0 aromatic heterocycles. The minimum atomic E-state index is -0.662. The summed E-state index contributed by atoms with van der Waals surface area (Å²) in [5, 5.41) is 10.6. The lowest BCUT2D eigenvalue weighted by atomic mass is 9.98. The van der Waals surface area contributed by atoms with Gasteiger partial charge in [-0.05, 0) is 42.2 Å². The molecule has 0 aliphatic heterocycles. The van der Waals surface area contributed by atoms with Gasteiger partial charge in [-0.15, -0.1) is 0 Å². The van der Waals surface area contributed by atoms with Crippen LogP contribution in [0.3, 0.4) is 0 Å². The van der Waals surface area contributed by atoms with Crippen molar-refractivity contribution >= 4 is 15.9 Å². The normalized spacial score (nSPS) is 12.2. The highest BCUT2D eigenvalue weighted by atomic mass is 79.9. The van der Waals surface area contributed by atoms with Gasteiger partial charge >= 0.3 is 0 Å². The number of benzene rings is 2. The average Bonchev–Trinajstić information content (AvgIpc) is 2.47. The number of halogens is 1. The van der Waals surface area contributed by atoms with E-state index in [-0.39, 0.29) is 0 Å². The second-order valence-corrected chi connectivity index (χ2v) is 5.70. The van der Waals surface area contributed by atoms with Crippen molar-refractivity contribution < 1.29 is 9.84 Å². The first kappa shape index (κ1) is 15.1. The molecule has 2 rings (SSSR count). The molecule has 1 unspecified atom stereocenters. The highest BCUT2D eigenvalue weighted by Gasteiger charge is 2.16. The highest BCUT2D eigenvalue weighted by Crippen LogP contribution is 2.33. The van der Waals surface area contributed by atoms with Gasteiger partial charge in [0.25, 0.3) is 0 Å². The number of aryl methyl sites for hydroxylation is 2. The molecule has 0 amide bonds. The number of hydrogen-bond acceptors (Lipinski definition) is 2. The summed E-state index contributed by atoms with van der Waals surface area (Å²) < 4.78 is 6.22. The summed E-state index contributed by atoms with van der Waals surface area (Å²) in [6, 6.07) is 11.9. The lowest BCUT2D eigenvalue weighted by Crippen LogP contribution is -2.02. The quantitative estimate of drug-likeness (QED) is 0.897. The Morgan fingerprint density at radius 3 is 2.40 bits per heavy atom. The SMILES string of the molecule is CCc1ccc(C(O)c2cc(OC)c(C)cc2Br)cc1. The van der Waals surface area contributed by atoms with Crippen LogP contribution in [0.25, 0.3) is 0 Å². The minimum Gasteiger partial charge on any atom is -0.496 e. The standard InChI is InChI=1S/C17H19BrO2/c1-4-12-5-7-13(8-6-12)17(19)14-10-16(20-3)11(2)9-15(14)18/h5-10,17,19H,4H2,1-3H3. The van der Waals surface area contributed by atoms with Gasteiger partial charge in [-0.1, -0.05) is 47.1 Å². The van der Waals surface area contributed by atoms with E-state index in [2.05, 4.69) is 35.0 Å². The van der Waals surface area contributed by atoms with Crippen LogP contribution in [0, 0.1) is 6.92 Å². The number of aliphatic hydroxyl groups is 1. The molecule has 0 radical (unpaired) electrons. The van der Waals surface area contributed by atoms with Crippen molar-refractivity contribution in [1.82, 2.24) is 0 Å². The maximum absolute atomic E-state index is 10.6. The van der Waals surface area contributed by atoms with E-state index in [9.17, 15) is 5.11 Å². The molecule has 2 nitrogen and oxygen atoms in total. The number of hydrogen-bond donors (Lipinski definition) is 1. The zero-order valence-corrected chi connectivity index (χ0v) is 13.6. The lowest BCUT2D eigenvalue weighted by molar-refractivity contribution is 0.219. The number of aliphatic hydroxyl groups excluding tert-OH is 1. The van der Waals surface area contributed by atoms with E-state index in [1.165, 1.54) is 5.56 Å². The maximum Gasteiger partial charge on any atom is 0.122 e. The molecule has 0 saturated heterocycles. The van der Waals surface area contributed by atoms with Crippen molar-refractivity contribution in [3.05, 3.63) is 63.1 Å². The lowest BCUT2D eigenvalue weighted by Gasteiger charge is -2.16. The van der Waals surface area contributed by atoms with Gasteiger partial charge in [-0.3, -0.25) is 0 Å². The third-order valence-corrected chi connectivity index (χ3v) is 4.20. The monoisotopic (exact) mass is 334 g/mol. The van der Waals surface area contributed by atoms with E-state index in [1.807, 2.05) is 31.2 Å². The van der Waals surface area contributed by atoms with Crippen LogP contribution in [-0.2, 0) is 6.42 Å². The molecule has 0 fully saturated rings. The van der Waals surface area contributed by atoms with E-state index in [0.717, 1.165) is 33.3 Å². The number of rotatable bonds is 4. The fraction of sp³-hybridized carbons (Fsp3) is 0.294. The Hall–Kier alpha value is -1.32. The van der Waals surface area contributed by atoms with Crippen LogP contribution in [0.4, 0.5) is 0 Å². The molecular weight excluding hydrogens is 316 g/mol. The molecular formula is C17H19BrO2. The smallest absolute Gasteiger partial charge is 0.122 e. The zero-order chi connectivity index (χ0) is 14.7. The van der Waals surface area contributed by atoms with Crippen molar-refractivity contribution in [2.75, 3.05) is 7.11 Å². The largest absolute Gasteiger partial charge is 0.496 e. The van der Waals surface area contributed by atoms with Gasteiger partial charge in [-0.2, -0.15) is 0 Å². The maximum atomic E-state index is 10.6. The third-order valence-electron chi connectivity index (χ3n) is 3.51. The van der Waals surface area contributed by atoms with Gasteiger partial charge in [-0.25, -0.2) is 0 Å². The average molecular weight is 335 g/mol. The molecule has 0 spiro atoms. The first-order valence-electron chi connectivity index (χ1n) is 6.67. The van der Waals surface area contributed by atoms with Crippen LogP contribution in [0.1, 0.15) is 35.3 Å². The summed E-state index contributed by atoms with van der Waals surface area (Å²) in [4.78, 5) is 0. The summed E-state index contributed by atoms with van der Waals surface area (Å²) in [5.41, 5.74) is 4.00. The summed E-state index contributed by atoms with van der Waals surface area (Å²) >= 11 is 3.52.